The third kappa shape index (κ3) is 1.95. The first kappa shape index (κ1) is 13.2. The summed E-state index contributed by atoms with van der Waals surface area (Å²) in [5.74, 6) is 0. The molecule has 1 aliphatic carbocycles. The molecule has 1 amide bonds. The molecule has 0 aromatic rings. The first-order valence-electron chi connectivity index (χ1n) is 6.33. The average molecular weight is 252 g/mol. The van der Waals surface area contributed by atoms with E-state index in [-0.39, 0.29) is 13.1 Å². The van der Waals surface area contributed by atoms with Crippen molar-refractivity contribution in [3.05, 3.63) is 0 Å². The van der Waals surface area contributed by atoms with Gasteiger partial charge in [-0.2, -0.15) is 5.26 Å². The minimum absolute atomic E-state index is 0.204. The lowest BCUT2D eigenvalue weighted by Crippen LogP contribution is -2.72. The number of β-amino-alcohol motifs (C(OH)–C–C–N with tert-alkyl or cyclic N) is 1. The number of nitrogens with zero attached hydrogens (tertiary/aromatic N) is 2. The quantitative estimate of drug-likeness (QED) is 0.770. The van der Waals surface area contributed by atoms with Gasteiger partial charge in [-0.05, 0) is 33.6 Å². The van der Waals surface area contributed by atoms with Gasteiger partial charge in [-0.3, -0.25) is 0 Å². The van der Waals surface area contributed by atoms with Crippen molar-refractivity contribution >= 4 is 6.09 Å². The van der Waals surface area contributed by atoms with Gasteiger partial charge in [-0.25, -0.2) is 4.79 Å². The Labute approximate surface area is 107 Å². The van der Waals surface area contributed by atoms with Crippen LogP contribution < -0.4 is 0 Å². The molecule has 0 bridgehead atoms. The Morgan fingerprint density at radius 1 is 1.39 bits per heavy atom. The predicted molar refractivity (Wildman–Crippen MR) is 64.7 cm³/mol. The molecule has 1 aliphatic heterocycles. The fraction of sp³-hybridized carbons (Fsp3) is 0.846. The zero-order valence-corrected chi connectivity index (χ0v) is 11.2. The minimum atomic E-state index is -1.04. The van der Waals surface area contributed by atoms with Crippen LogP contribution in [0.15, 0.2) is 0 Å². The molecule has 1 heterocycles. The molecule has 5 nitrogen and oxygen atoms in total. The Morgan fingerprint density at radius 3 is 2.28 bits per heavy atom. The van der Waals surface area contributed by atoms with Crippen molar-refractivity contribution in [2.75, 3.05) is 13.1 Å². The average Bonchev–Trinajstić information content (AvgIpc) is 2.09. The molecule has 2 rings (SSSR count). The highest BCUT2D eigenvalue weighted by atomic mass is 16.6. The summed E-state index contributed by atoms with van der Waals surface area (Å²) in [6, 6.07) is 2.24. The van der Waals surface area contributed by atoms with Gasteiger partial charge >= 0.3 is 6.09 Å². The molecule has 18 heavy (non-hydrogen) atoms. The van der Waals surface area contributed by atoms with Crippen LogP contribution >= 0.6 is 0 Å². The summed E-state index contributed by atoms with van der Waals surface area (Å²) < 4.78 is 5.23. The van der Waals surface area contributed by atoms with Crippen molar-refractivity contribution in [1.82, 2.24) is 4.90 Å². The molecule has 0 spiro atoms. The van der Waals surface area contributed by atoms with Gasteiger partial charge in [0.2, 0.25) is 0 Å². The van der Waals surface area contributed by atoms with Crippen LogP contribution in [0.3, 0.4) is 0 Å². The highest BCUT2D eigenvalue weighted by molar-refractivity contribution is 5.70. The lowest BCUT2D eigenvalue weighted by molar-refractivity contribution is -0.177. The smallest absolute Gasteiger partial charge is 0.410 e. The Morgan fingerprint density at radius 2 is 1.94 bits per heavy atom. The maximum atomic E-state index is 11.8. The van der Waals surface area contributed by atoms with E-state index >= 15 is 0 Å². The second kappa shape index (κ2) is 3.86. The molecule has 0 aromatic heterocycles. The largest absolute Gasteiger partial charge is 0.444 e. The number of rotatable bonds is 1. The van der Waals surface area contributed by atoms with Crippen LogP contribution in [0.25, 0.3) is 0 Å². The molecule has 1 saturated carbocycles. The third-order valence-electron chi connectivity index (χ3n) is 3.87. The van der Waals surface area contributed by atoms with Gasteiger partial charge in [-0.1, -0.05) is 6.42 Å². The van der Waals surface area contributed by atoms with Gasteiger partial charge in [0.05, 0.1) is 24.6 Å². The number of amides is 1. The lowest BCUT2D eigenvalue weighted by atomic mass is 9.57. The Hall–Kier alpha value is -1.28. The minimum Gasteiger partial charge on any atom is -0.444 e. The molecule has 0 aromatic carbocycles. The van der Waals surface area contributed by atoms with Crippen molar-refractivity contribution in [2.45, 2.75) is 51.2 Å². The number of carbonyl (C=O) groups excluding carboxylic acids is 1. The molecule has 1 N–H and O–H groups in total. The molecule has 0 atom stereocenters. The predicted octanol–water partition coefficient (Wildman–Crippen LogP) is 1.66. The van der Waals surface area contributed by atoms with Crippen LogP contribution in [0.1, 0.15) is 40.0 Å². The maximum Gasteiger partial charge on any atom is 0.410 e. The van der Waals surface area contributed by atoms with Crippen molar-refractivity contribution in [3.8, 4) is 6.07 Å². The summed E-state index contributed by atoms with van der Waals surface area (Å²) in [5.41, 5.74) is -2.23. The molecular weight excluding hydrogens is 232 g/mol. The molecule has 5 heteroatoms. The van der Waals surface area contributed by atoms with E-state index in [4.69, 9.17) is 4.74 Å². The van der Waals surface area contributed by atoms with E-state index in [9.17, 15) is 15.2 Å². The monoisotopic (exact) mass is 252 g/mol. The Bertz CT molecular complexity index is 395. The van der Waals surface area contributed by atoms with E-state index in [0.29, 0.717) is 0 Å². The second-order valence-corrected chi connectivity index (χ2v) is 6.42. The van der Waals surface area contributed by atoms with Gasteiger partial charge in [0, 0.05) is 0 Å². The SMILES string of the molecule is CC(C)(C)OC(=O)N1CC(O)(C2(C#N)CCC2)C1. The second-order valence-electron chi connectivity index (χ2n) is 6.42. The number of ether oxygens (including phenoxy) is 1. The summed E-state index contributed by atoms with van der Waals surface area (Å²) in [4.78, 5) is 13.2. The number of hydrogen-bond acceptors (Lipinski definition) is 4. The third-order valence-corrected chi connectivity index (χ3v) is 3.87. The van der Waals surface area contributed by atoms with Crippen LogP contribution in [0.2, 0.25) is 0 Å². The molecule has 0 unspecified atom stereocenters. The van der Waals surface area contributed by atoms with Crippen LogP contribution in [0.4, 0.5) is 4.79 Å². The van der Waals surface area contributed by atoms with Gasteiger partial charge in [0.15, 0.2) is 0 Å². The molecule has 1 saturated heterocycles. The van der Waals surface area contributed by atoms with Crippen LogP contribution in [0, 0.1) is 16.7 Å². The number of likely N-dealkylation sites (tertiary alicyclic amines) is 1. The summed E-state index contributed by atoms with van der Waals surface area (Å²) in [7, 11) is 0. The highest BCUT2D eigenvalue weighted by Gasteiger charge is 2.61. The molecule has 2 fully saturated rings. The first-order valence-corrected chi connectivity index (χ1v) is 6.33. The van der Waals surface area contributed by atoms with E-state index in [0.717, 1.165) is 19.3 Å². The Kier molecular flexibility index (Phi) is 2.82. The van der Waals surface area contributed by atoms with E-state index in [1.165, 1.54) is 4.90 Å². The van der Waals surface area contributed by atoms with Gasteiger partial charge < -0.3 is 14.7 Å². The van der Waals surface area contributed by atoms with Crippen molar-refractivity contribution in [3.63, 3.8) is 0 Å². The number of hydrogen-bond donors (Lipinski definition) is 1. The zero-order chi connectivity index (χ0) is 13.6. The maximum absolute atomic E-state index is 11.8. The highest BCUT2D eigenvalue weighted by Crippen LogP contribution is 2.52. The van der Waals surface area contributed by atoms with Crippen molar-refractivity contribution in [2.24, 2.45) is 5.41 Å². The summed E-state index contributed by atoms with van der Waals surface area (Å²) in [6.45, 7) is 5.82. The van der Waals surface area contributed by atoms with Gasteiger partial charge in [-0.15, -0.1) is 0 Å². The standard InChI is InChI=1S/C13H20N2O3/c1-11(2,3)18-10(16)15-8-13(17,9-15)12(7-14)5-4-6-12/h17H,4-6,8-9H2,1-3H3. The van der Waals surface area contributed by atoms with E-state index in [1.54, 1.807) is 20.8 Å². The van der Waals surface area contributed by atoms with E-state index < -0.39 is 22.7 Å². The molecule has 100 valence electrons. The normalized spacial score (nSPS) is 24.5. The lowest BCUT2D eigenvalue weighted by Gasteiger charge is -2.57. The summed E-state index contributed by atoms with van der Waals surface area (Å²) >= 11 is 0. The fourth-order valence-electron chi connectivity index (χ4n) is 2.55. The summed E-state index contributed by atoms with van der Waals surface area (Å²) in [5, 5.41) is 19.6. The van der Waals surface area contributed by atoms with Crippen LogP contribution in [-0.2, 0) is 4.74 Å². The molecule has 0 radical (unpaired) electrons. The summed E-state index contributed by atoms with van der Waals surface area (Å²) in [6.07, 6.45) is 2.01. The molecular formula is C13H20N2O3. The zero-order valence-electron chi connectivity index (χ0n) is 11.2. The van der Waals surface area contributed by atoms with E-state index in [2.05, 4.69) is 6.07 Å². The van der Waals surface area contributed by atoms with Crippen LogP contribution in [-0.4, -0.2) is 40.4 Å². The van der Waals surface area contributed by atoms with Gasteiger partial charge in [0.1, 0.15) is 11.2 Å². The Balaban J connectivity index is 1.94. The van der Waals surface area contributed by atoms with E-state index in [1.807, 2.05) is 0 Å². The van der Waals surface area contributed by atoms with Gasteiger partial charge in [0.25, 0.3) is 0 Å². The van der Waals surface area contributed by atoms with Crippen molar-refractivity contribution < 1.29 is 14.6 Å². The topological polar surface area (TPSA) is 73.6 Å². The number of carbonyl (C=O) groups is 1. The number of nitriles is 1. The van der Waals surface area contributed by atoms with Crippen molar-refractivity contribution in [1.29, 1.82) is 5.26 Å². The fourth-order valence-corrected chi connectivity index (χ4v) is 2.55. The first-order chi connectivity index (χ1) is 8.21. The molecule has 2 aliphatic rings. The van der Waals surface area contributed by atoms with Crippen LogP contribution in [0.5, 0.6) is 0 Å². The number of aliphatic hydroxyl groups is 1.